The van der Waals surface area contributed by atoms with Crippen LogP contribution in [0.3, 0.4) is 0 Å². The summed E-state index contributed by atoms with van der Waals surface area (Å²) in [7, 11) is 0. The van der Waals surface area contributed by atoms with Gasteiger partial charge >= 0.3 is 122 Å². The quantitative estimate of drug-likeness (QED) is 0.293. The van der Waals surface area contributed by atoms with Gasteiger partial charge in [-0.3, -0.25) is 0 Å². The molecule has 0 radical (unpaired) electrons. The van der Waals surface area contributed by atoms with Crippen LogP contribution in [-0.4, -0.2) is 16.5 Å². The summed E-state index contributed by atoms with van der Waals surface area (Å²) in [6.45, 7) is 0. The first kappa shape index (κ1) is 17.6. The summed E-state index contributed by atoms with van der Waals surface area (Å²) < 4.78 is 126. The molecule has 1 nitrogen and oxygen atoms in total. The van der Waals surface area contributed by atoms with E-state index in [9.17, 15) is 43.9 Å². The van der Waals surface area contributed by atoms with E-state index in [4.69, 9.17) is 0 Å². The number of halogens is 11. The van der Waals surface area contributed by atoms with Crippen molar-refractivity contribution >= 4 is 20.2 Å². The maximum atomic E-state index is 13.1. The monoisotopic (exact) mass is 456 g/mol. The Kier molecular flexibility index (Phi) is 3.87. The molecule has 1 aromatic carbocycles. The molecule has 0 unspecified atom stereocenters. The molecule has 126 valence electrons. The van der Waals surface area contributed by atoms with Gasteiger partial charge in [0.1, 0.15) is 0 Å². The summed E-state index contributed by atoms with van der Waals surface area (Å²) in [5.74, 6) is -1.53. The number of rotatable bonds is 0. The Morgan fingerprint density at radius 1 is 0.864 bits per heavy atom. The minimum atomic E-state index is -6.23. The average molecular weight is 456 g/mol. The van der Waals surface area contributed by atoms with Crippen molar-refractivity contribution in [3.63, 3.8) is 0 Å². The molecule has 1 heterocycles. The fraction of sp³-hybridized carbons (Fsp3) is 0.400. The molecular formula is C10H3F10IO. The first-order valence-electron chi connectivity index (χ1n) is 5.11. The molecular weight excluding hydrogens is 453 g/mol. The van der Waals surface area contributed by atoms with Crippen molar-refractivity contribution < 1.29 is 47.0 Å². The Morgan fingerprint density at radius 2 is 1.36 bits per heavy atom. The van der Waals surface area contributed by atoms with E-state index in [1.807, 2.05) is 0 Å². The Hall–Kier alpha value is -0.790. The van der Waals surface area contributed by atoms with E-state index in [1.165, 1.54) is 0 Å². The van der Waals surface area contributed by atoms with Gasteiger partial charge in [-0.05, 0) is 0 Å². The molecule has 0 aromatic heterocycles. The van der Waals surface area contributed by atoms with Crippen molar-refractivity contribution in [2.24, 2.45) is 0 Å². The molecule has 0 bridgehead atoms. The van der Waals surface area contributed by atoms with E-state index in [0.717, 1.165) is 0 Å². The second kappa shape index (κ2) is 4.85. The summed E-state index contributed by atoms with van der Waals surface area (Å²) in [5.41, 5.74) is -7.05. The molecule has 0 saturated heterocycles. The standard InChI is InChI=1S/C10H3F10IO/c11-4-1-2-6-5(3-4)7(8(12,13)14,9(15,16)17)22-21(6)10(18,19)20/h1-3H. The van der Waals surface area contributed by atoms with E-state index in [2.05, 4.69) is 3.07 Å². The Balaban J connectivity index is 2.82. The number of benzene rings is 1. The molecule has 1 aromatic rings. The first-order chi connectivity index (χ1) is 9.72. The number of hydrogen-bond acceptors (Lipinski definition) is 1. The van der Waals surface area contributed by atoms with Gasteiger partial charge in [0.25, 0.3) is 0 Å². The molecule has 0 aliphatic carbocycles. The van der Waals surface area contributed by atoms with Gasteiger partial charge in [0.2, 0.25) is 0 Å². The van der Waals surface area contributed by atoms with Crippen LogP contribution in [0.4, 0.5) is 43.9 Å². The predicted octanol–water partition coefficient (Wildman–Crippen LogP) is 5.29. The maximum absolute atomic E-state index is 13.1. The molecule has 0 N–H and O–H groups in total. The zero-order chi connectivity index (χ0) is 17.1. The first-order valence-corrected chi connectivity index (χ1v) is 8.15. The normalized spacial score (nSPS) is 20.2. The number of hydrogen-bond donors (Lipinski definition) is 0. The van der Waals surface area contributed by atoms with Crippen molar-refractivity contribution in [1.29, 1.82) is 0 Å². The third-order valence-electron chi connectivity index (χ3n) is 2.68. The van der Waals surface area contributed by atoms with Crippen LogP contribution in [-0.2, 0) is 8.67 Å². The van der Waals surface area contributed by atoms with Crippen LogP contribution < -0.4 is 0 Å². The zero-order valence-electron chi connectivity index (χ0n) is 9.80. The second-order valence-electron chi connectivity index (χ2n) is 4.06. The van der Waals surface area contributed by atoms with Gasteiger partial charge in [-0.1, -0.05) is 0 Å². The topological polar surface area (TPSA) is 9.23 Å². The Bertz CT molecular complexity index is 573. The summed E-state index contributed by atoms with van der Waals surface area (Å²) in [6.07, 6.45) is -12.5. The van der Waals surface area contributed by atoms with E-state index in [0.29, 0.717) is 6.07 Å². The van der Waals surface area contributed by atoms with Gasteiger partial charge in [-0.2, -0.15) is 0 Å². The van der Waals surface area contributed by atoms with E-state index in [1.54, 1.807) is 0 Å². The summed E-state index contributed by atoms with van der Waals surface area (Å²) in [6, 6.07) is 0.420. The van der Waals surface area contributed by atoms with Gasteiger partial charge in [-0.25, -0.2) is 0 Å². The van der Waals surface area contributed by atoms with Crippen LogP contribution in [0.15, 0.2) is 18.2 Å². The molecule has 1 aliphatic heterocycles. The predicted molar refractivity (Wildman–Crippen MR) is 60.0 cm³/mol. The molecule has 12 heteroatoms. The van der Waals surface area contributed by atoms with Gasteiger partial charge in [0.05, 0.1) is 0 Å². The molecule has 0 saturated carbocycles. The fourth-order valence-electron chi connectivity index (χ4n) is 1.83. The van der Waals surface area contributed by atoms with E-state index in [-0.39, 0.29) is 12.1 Å². The zero-order valence-corrected chi connectivity index (χ0v) is 12.0. The van der Waals surface area contributed by atoms with Crippen LogP contribution in [0, 0.1) is 9.39 Å². The summed E-state index contributed by atoms with van der Waals surface area (Å²) in [5, 5.41) is 0. The average Bonchev–Trinajstić information content (AvgIpc) is 2.62. The SMILES string of the molecule is Fc1ccc2c(c1)C(C(F)(F)F)(C(F)(F)F)OI2C(F)(F)F. The van der Waals surface area contributed by atoms with Crippen molar-refractivity contribution in [3.8, 4) is 0 Å². The van der Waals surface area contributed by atoms with Crippen molar-refractivity contribution in [3.05, 3.63) is 33.1 Å². The summed E-state index contributed by atoms with van der Waals surface area (Å²) in [4.78, 5) is 0. The molecule has 0 spiro atoms. The number of fused-ring (bicyclic) bond motifs is 1. The molecule has 0 atom stereocenters. The van der Waals surface area contributed by atoms with Crippen molar-refractivity contribution in [2.45, 2.75) is 22.1 Å². The molecule has 0 fully saturated rings. The Labute approximate surface area is 123 Å². The fourth-order valence-corrected chi connectivity index (χ4v) is 5.94. The summed E-state index contributed by atoms with van der Waals surface area (Å²) >= 11 is -5.33. The molecule has 2 rings (SSSR count). The Morgan fingerprint density at radius 3 is 1.77 bits per heavy atom. The minimum absolute atomic E-state index is 0.209. The second-order valence-corrected chi connectivity index (χ2v) is 8.30. The van der Waals surface area contributed by atoms with Gasteiger partial charge < -0.3 is 0 Å². The molecule has 1 aliphatic rings. The van der Waals surface area contributed by atoms with Gasteiger partial charge in [0.15, 0.2) is 0 Å². The van der Waals surface area contributed by atoms with E-state index >= 15 is 0 Å². The van der Waals surface area contributed by atoms with Crippen molar-refractivity contribution in [2.75, 3.05) is 0 Å². The van der Waals surface area contributed by atoms with Crippen LogP contribution in [0.25, 0.3) is 0 Å². The van der Waals surface area contributed by atoms with Gasteiger partial charge in [0, 0.05) is 0 Å². The van der Waals surface area contributed by atoms with Crippen molar-refractivity contribution in [1.82, 2.24) is 0 Å². The third kappa shape index (κ3) is 2.43. The van der Waals surface area contributed by atoms with Crippen LogP contribution >= 0.6 is 20.2 Å². The third-order valence-corrected chi connectivity index (χ3v) is 6.89. The van der Waals surface area contributed by atoms with Crippen LogP contribution in [0.2, 0.25) is 0 Å². The van der Waals surface area contributed by atoms with Gasteiger partial charge in [-0.15, -0.1) is 0 Å². The molecule has 22 heavy (non-hydrogen) atoms. The van der Waals surface area contributed by atoms with Crippen LogP contribution in [0.1, 0.15) is 5.56 Å². The van der Waals surface area contributed by atoms with E-state index < -0.39 is 57.3 Å². The molecule has 0 amide bonds. The number of alkyl halides is 10. The van der Waals surface area contributed by atoms with Crippen LogP contribution in [0.5, 0.6) is 0 Å².